The SMILES string of the molecule is O=C(CC1(C(=O)NCc2ccc(Oc3ccc(-n4cccc4)cc3Cl)cc2)CC1)c1cncnc1. The van der Waals surface area contributed by atoms with Crippen LogP contribution < -0.4 is 10.1 Å². The zero-order chi connectivity index (χ0) is 24.3. The second-order valence-electron chi connectivity index (χ2n) is 8.64. The summed E-state index contributed by atoms with van der Waals surface area (Å²) in [6, 6.07) is 17.0. The van der Waals surface area contributed by atoms with Gasteiger partial charge in [0.25, 0.3) is 0 Å². The first-order chi connectivity index (χ1) is 17.0. The Bertz CT molecular complexity index is 1330. The largest absolute Gasteiger partial charge is 0.456 e. The molecular formula is C27H23ClN4O3. The molecule has 8 heteroatoms. The van der Waals surface area contributed by atoms with Crippen molar-refractivity contribution >= 4 is 23.3 Å². The first-order valence-corrected chi connectivity index (χ1v) is 11.7. The summed E-state index contributed by atoms with van der Waals surface area (Å²) < 4.78 is 7.90. The van der Waals surface area contributed by atoms with E-state index in [0.29, 0.717) is 41.5 Å². The summed E-state index contributed by atoms with van der Waals surface area (Å²) in [7, 11) is 0. The number of amides is 1. The number of Topliss-reactive ketones (excluding diaryl/α,β-unsaturated/α-hetero) is 1. The molecule has 0 saturated heterocycles. The number of carbonyl (C=O) groups is 2. The van der Waals surface area contributed by atoms with Gasteiger partial charge in [0.2, 0.25) is 5.91 Å². The summed E-state index contributed by atoms with van der Waals surface area (Å²) in [5.74, 6) is 0.996. The van der Waals surface area contributed by atoms with Crippen LogP contribution in [-0.2, 0) is 11.3 Å². The quantitative estimate of drug-likeness (QED) is 0.321. The molecule has 0 aliphatic heterocycles. The monoisotopic (exact) mass is 486 g/mol. The average Bonchev–Trinajstić information content (AvgIpc) is 3.45. The van der Waals surface area contributed by atoms with Gasteiger partial charge in [0, 0.05) is 43.4 Å². The van der Waals surface area contributed by atoms with Gasteiger partial charge in [0.05, 0.1) is 16.0 Å². The van der Waals surface area contributed by atoms with Crippen molar-refractivity contribution in [2.45, 2.75) is 25.8 Å². The van der Waals surface area contributed by atoms with E-state index in [0.717, 1.165) is 11.3 Å². The molecule has 5 rings (SSSR count). The molecule has 2 aromatic heterocycles. The fraction of sp³-hybridized carbons (Fsp3) is 0.185. The smallest absolute Gasteiger partial charge is 0.226 e. The lowest BCUT2D eigenvalue weighted by molar-refractivity contribution is -0.126. The summed E-state index contributed by atoms with van der Waals surface area (Å²) in [6.07, 6.45) is 9.82. The van der Waals surface area contributed by atoms with Crippen LogP contribution in [0.15, 0.2) is 85.7 Å². The molecule has 1 saturated carbocycles. The molecule has 35 heavy (non-hydrogen) atoms. The predicted molar refractivity (Wildman–Crippen MR) is 132 cm³/mol. The van der Waals surface area contributed by atoms with Gasteiger partial charge in [-0.15, -0.1) is 0 Å². The lowest BCUT2D eigenvalue weighted by atomic mass is 9.95. The number of hydrogen-bond donors (Lipinski definition) is 1. The van der Waals surface area contributed by atoms with Gasteiger partial charge >= 0.3 is 0 Å². The summed E-state index contributed by atoms with van der Waals surface area (Å²) in [6.45, 7) is 0.371. The fourth-order valence-corrected chi connectivity index (χ4v) is 4.11. The Morgan fingerprint density at radius 2 is 1.74 bits per heavy atom. The van der Waals surface area contributed by atoms with Gasteiger partial charge in [-0.05, 0) is 60.9 Å². The number of aromatic nitrogens is 3. The van der Waals surface area contributed by atoms with E-state index in [4.69, 9.17) is 16.3 Å². The van der Waals surface area contributed by atoms with Crippen LogP contribution in [0.4, 0.5) is 0 Å². The van der Waals surface area contributed by atoms with E-state index in [1.54, 1.807) is 0 Å². The van der Waals surface area contributed by atoms with Gasteiger partial charge in [0.15, 0.2) is 5.78 Å². The Morgan fingerprint density at radius 1 is 1.03 bits per heavy atom. The molecule has 0 unspecified atom stereocenters. The zero-order valence-electron chi connectivity index (χ0n) is 18.9. The van der Waals surface area contributed by atoms with Crippen molar-refractivity contribution in [3.05, 3.63) is 102 Å². The number of ether oxygens (including phenoxy) is 1. The maximum Gasteiger partial charge on any atom is 0.226 e. The summed E-state index contributed by atoms with van der Waals surface area (Å²) in [5, 5.41) is 3.48. The second kappa shape index (κ2) is 9.72. The van der Waals surface area contributed by atoms with E-state index in [9.17, 15) is 9.59 Å². The van der Waals surface area contributed by atoms with Crippen LogP contribution >= 0.6 is 11.6 Å². The number of nitrogens with zero attached hydrogens (tertiary/aromatic N) is 3. The Kier molecular flexibility index (Phi) is 6.33. The van der Waals surface area contributed by atoms with Crippen LogP contribution in [0, 0.1) is 5.41 Å². The molecule has 1 fully saturated rings. The number of rotatable bonds is 9. The van der Waals surface area contributed by atoms with Crippen molar-refractivity contribution in [2.24, 2.45) is 5.41 Å². The molecular weight excluding hydrogens is 464 g/mol. The van der Waals surface area contributed by atoms with Gasteiger partial charge in [-0.25, -0.2) is 9.97 Å². The fourth-order valence-electron chi connectivity index (χ4n) is 3.90. The molecule has 1 aliphatic carbocycles. The summed E-state index contributed by atoms with van der Waals surface area (Å²) in [5.41, 5.74) is 1.69. The number of hydrogen-bond acceptors (Lipinski definition) is 5. The van der Waals surface area contributed by atoms with Gasteiger partial charge in [-0.3, -0.25) is 9.59 Å². The minimum absolute atomic E-state index is 0.0995. The van der Waals surface area contributed by atoms with Crippen molar-refractivity contribution < 1.29 is 14.3 Å². The van der Waals surface area contributed by atoms with Crippen molar-refractivity contribution in [3.8, 4) is 17.2 Å². The van der Waals surface area contributed by atoms with Crippen molar-refractivity contribution in [3.63, 3.8) is 0 Å². The van der Waals surface area contributed by atoms with Crippen molar-refractivity contribution in [1.29, 1.82) is 0 Å². The lowest BCUT2D eigenvalue weighted by Crippen LogP contribution is -2.33. The highest BCUT2D eigenvalue weighted by molar-refractivity contribution is 6.32. The van der Waals surface area contributed by atoms with Crippen LogP contribution in [0.3, 0.4) is 0 Å². The minimum atomic E-state index is -0.625. The lowest BCUT2D eigenvalue weighted by Gasteiger charge is -2.15. The van der Waals surface area contributed by atoms with E-state index in [-0.39, 0.29) is 18.1 Å². The maximum absolute atomic E-state index is 12.8. The van der Waals surface area contributed by atoms with Crippen LogP contribution in [0.25, 0.3) is 5.69 Å². The van der Waals surface area contributed by atoms with Crippen LogP contribution in [0.5, 0.6) is 11.5 Å². The molecule has 7 nitrogen and oxygen atoms in total. The third-order valence-electron chi connectivity index (χ3n) is 6.14. The molecule has 1 amide bonds. The van der Waals surface area contributed by atoms with Gasteiger partial charge < -0.3 is 14.6 Å². The van der Waals surface area contributed by atoms with Gasteiger partial charge in [-0.2, -0.15) is 0 Å². The van der Waals surface area contributed by atoms with E-state index in [2.05, 4.69) is 15.3 Å². The van der Waals surface area contributed by atoms with Gasteiger partial charge in [0.1, 0.15) is 17.8 Å². The summed E-state index contributed by atoms with van der Waals surface area (Å²) >= 11 is 6.42. The van der Waals surface area contributed by atoms with E-state index >= 15 is 0 Å². The molecule has 1 aliphatic rings. The molecule has 176 valence electrons. The first kappa shape index (κ1) is 22.8. The van der Waals surface area contributed by atoms with Gasteiger partial charge in [-0.1, -0.05) is 23.7 Å². The average molecular weight is 487 g/mol. The Hall–Kier alpha value is -3.97. The topological polar surface area (TPSA) is 86.1 Å². The van der Waals surface area contributed by atoms with Crippen molar-refractivity contribution in [2.75, 3.05) is 0 Å². The van der Waals surface area contributed by atoms with Crippen LogP contribution in [0.2, 0.25) is 5.02 Å². The standard InChI is InChI=1S/C27H23ClN4O3/c28-23-13-21(32-11-1-2-12-32)5-8-25(23)35-22-6-3-19(4-7-22)15-31-26(34)27(9-10-27)14-24(33)20-16-29-18-30-17-20/h1-8,11-13,16-18H,9-10,14-15H2,(H,31,34). The summed E-state index contributed by atoms with van der Waals surface area (Å²) in [4.78, 5) is 33.0. The highest BCUT2D eigenvalue weighted by Crippen LogP contribution is 2.49. The second-order valence-corrected chi connectivity index (χ2v) is 9.05. The van der Waals surface area contributed by atoms with Crippen LogP contribution in [-0.4, -0.2) is 26.2 Å². The number of benzene rings is 2. The molecule has 0 radical (unpaired) electrons. The normalized spacial score (nSPS) is 13.7. The Balaban J connectivity index is 1.16. The number of nitrogens with one attached hydrogen (secondary N) is 1. The van der Waals surface area contributed by atoms with E-state index in [1.165, 1.54) is 18.7 Å². The molecule has 1 N–H and O–H groups in total. The highest BCUT2D eigenvalue weighted by atomic mass is 35.5. The highest BCUT2D eigenvalue weighted by Gasteiger charge is 2.51. The van der Waals surface area contributed by atoms with Crippen molar-refractivity contribution in [1.82, 2.24) is 19.9 Å². The first-order valence-electron chi connectivity index (χ1n) is 11.3. The predicted octanol–water partition coefficient (Wildman–Crippen LogP) is 5.38. The molecule has 0 spiro atoms. The number of ketones is 1. The third-order valence-corrected chi connectivity index (χ3v) is 6.43. The molecule has 2 aromatic carbocycles. The van der Waals surface area contributed by atoms with Crippen LogP contribution in [0.1, 0.15) is 35.2 Å². The zero-order valence-corrected chi connectivity index (χ0v) is 19.6. The minimum Gasteiger partial charge on any atom is -0.456 e. The molecule has 4 aromatic rings. The molecule has 0 bridgehead atoms. The van der Waals surface area contributed by atoms with E-state index < -0.39 is 5.41 Å². The third kappa shape index (κ3) is 5.25. The number of carbonyl (C=O) groups excluding carboxylic acids is 2. The maximum atomic E-state index is 12.8. The Morgan fingerprint density at radius 3 is 2.40 bits per heavy atom. The van der Waals surface area contributed by atoms with E-state index in [1.807, 2.05) is 71.6 Å². The Labute approximate surface area is 207 Å². The molecule has 2 heterocycles. The number of halogens is 1. The molecule has 0 atom stereocenters.